The number of methoxy groups -OCH3 is 1. The van der Waals surface area contributed by atoms with Gasteiger partial charge >= 0.3 is 0 Å². The van der Waals surface area contributed by atoms with Crippen LogP contribution in [0.25, 0.3) is 0 Å². The van der Waals surface area contributed by atoms with Gasteiger partial charge in [0.15, 0.2) is 6.61 Å². The fourth-order valence-electron chi connectivity index (χ4n) is 3.00. The van der Waals surface area contributed by atoms with Crippen molar-refractivity contribution in [1.82, 2.24) is 9.97 Å². The summed E-state index contributed by atoms with van der Waals surface area (Å²) in [5, 5.41) is 2.68. The molecule has 3 rings (SSSR count). The summed E-state index contributed by atoms with van der Waals surface area (Å²) in [6, 6.07) is 13.4. The van der Waals surface area contributed by atoms with Crippen LogP contribution in [-0.2, 0) is 20.2 Å². The fourth-order valence-corrected chi connectivity index (χ4v) is 4.01. The highest BCUT2D eigenvalue weighted by Crippen LogP contribution is 2.28. The largest absolute Gasteiger partial charge is 0.484 e. The highest BCUT2D eigenvalue weighted by Gasteiger charge is 2.19. The Morgan fingerprint density at radius 3 is 2.26 bits per heavy atom. The van der Waals surface area contributed by atoms with Crippen LogP contribution in [-0.4, -0.2) is 38.0 Å². The summed E-state index contributed by atoms with van der Waals surface area (Å²) in [6.45, 7) is 6.32. The van der Waals surface area contributed by atoms with Crippen molar-refractivity contribution in [2.45, 2.75) is 37.5 Å². The Morgan fingerprint density at radius 2 is 1.65 bits per heavy atom. The van der Waals surface area contributed by atoms with Crippen LogP contribution in [0.2, 0.25) is 0 Å². The van der Waals surface area contributed by atoms with Crippen molar-refractivity contribution in [3.8, 4) is 11.6 Å². The first-order valence-corrected chi connectivity index (χ1v) is 12.1. The molecule has 0 radical (unpaired) electrons. The molecule has 3 aromatic rings. The molecule has 0 unspecified atom stereocenters. The van der Waals surface area contributed by atoms with Crippen LogP contribution in [0.3, 0.4) is 0 Å². The molecule has 0 aliphatic heterocycles. The lowest BCUT2D eigenvalue weighted by Crippen LogP contribution is -2.20. The van der Waals surface area contributed by atoms with Gasteiger partial charge in [0.05, 0.1) is 12.0 Å². The van der Waals surface area contributed by atoms with Crippen LogP contribution in [0.5, 0.6) is 11.6 Å². The maximum Gasteiger partial charge on any atom is 0.263 e. The van der Waals surface area contributed by atoms with E-state index in [4.69, 9.17) is 9.47 Å². The van der Waals surface area contributed by atoms with E-state index in [1.54, 1.807) is 0 Å². The molecule has 1 aromatic heterocycles. The Balaban J connectivity index is 1.57. The number of nitrogens with zero attached hydrogens (tertiary/aromatic N) is 2. The number of rotatable bonds is 10. The molecule has 34 heavy (non-hydrogen) atoms. The summed E-state index contributed by atoms with van der Waals surface area (Å²) in [4.78, 5) is 20.1. The zero-order valence-electron chi connectivity index (χ0n) is 19.5. The molecule has 9 nitrogen and oxygen atoms in total. The maximum absolute atomic E-state index is 12.6. The first-order chi connectivity index (χ1) is 16.1. The normalized spacial score (nSPS) is 11.5. The van der Waals surface area contributed by atoms with Crippen LogP contribution in [0, 0.1) is 0 Å². The zero-order chi connectivity index (χ0) is 24.8. The Labute approximate surface area is 199 Å². The summed E-state index contributed by atoms with van der Waals surface area (Å²) in [6.07, 6.45) is 3.75. The first kappa shape index (κ1) is 25.0. The van der Waals surface area contributed by atoms with E-state index in [9.17, 15) is 13.2 Å². The van der Waals surface area contributed by atoms with Crippen molar-refractivity contribution in [2.75, 3.05) is 23.8 Å². The number of hydrogen-bond donors (Lipinski definition) is 2. The SMILES string of the molecule is CCC(C)(C)c1ccc(OCC(=O)Nc2ccc(S(=O)(=O)Nc3nccnc3OC)cc2)cc1. The van der Waals surface area contributed by atoms with Gasteiger partial charge in [0.2, 0.25) is 5.82 Å². The molecule has 0 saturated carbocycles. The van der Waals surface area contributed by atoms with Crippen molar-refractivity contribution in [3.05, 3.63) is 66.5 Å². The standard InChI is InChI=1S/C24H28N4O5S/c1-5-24(2,3)17-6-10-19(11-7-17)33-16-21(29)27-18-8-12-20(13-9-18)34(30,31)28-22-23(32-4)26-15-14-25-22/h6-15H,5,16H2,1-4H3,(H,25,28)(H,27,29). The summed E-state index contributed by atoms with van der Waals surface area (Å²) < 4.78 is 38.2. The molecule has 2 aromatic carbocycles. The third-order valence-corrected chi connectivity index (χ3v) is 6.78. The van der Waals surface area contributed by atoms with Gasteiger partial charge in [-0.1, -0.05) is 32.9 Å². The molecule has 2 N–H and O–H groups in total. The first-order valence-electron chi connectivity index (χ1n) is 10.7. The average Bonchev–Trinajstić information content (AvgIpc) is 2.83. The van der Waals surface area contributed by atoms with Gasteiger partial charge in [-0.2, -0.15) is 0 Å². The number of carbonyl (C=O) groups excluding carboxylic acids is 1. The third-order valence-electron chi connectivity index (χ3n) is 5.43. The van der Waals surface area contributed by atoms with Gasteiger partial charge in [-0.3, -0.25) is 9.52 Å². The number of amides is 1. The van der Waals surface area contributed by atoms with Crippen molar-refractivity contribution in [2.24, 2.45) is 0 Å². The highest BCUT2D eigenvalue weighted by molar-refractivity contribution is 7.92. The molecular formula is C24H28N4O5S. The minimum absolute atomic E-state index is 0.00968. The molecule has 0 atom stereocenters. The molecule has 10 heteroatoms. The minimum atomic E-state index is -3.92. The van der Waals surface area contributed by atoms with Crippen molar-refractivity contribution >= 4 is 27.4 Å². The van der Waals surface area contributed by atoms with Crippen LogP contribution >= 0.6 is 0 Å². The van der Waals surface area contributed by atoms with E-state index in [-0.39, 0.29) is 34.5 Å². The van der Waals surface area contributed by atoms with Crippen LogP contribution < -0.4 is 19.5 Å². The molecule has 0 saturated heterocycles. The number of carbonyl (C=O) groups is 1. The maximum atomic E-state index is 12.6. The second-order valence-corrected chi connectivity index (χ2v) is 9.83. The lowest BCUT2D eigenvalue weighted by molar-refractivity contribution is -0.118. The molecule has 0 spiro atoms. The smallest absolute Gasteiger partial charge is 0.263 e. The number of sulfonamides is 1. The van der Waals surface area contributed by atoms with Gasteiger partial charge < -0.3 is 14.8 Å². The molecule has 0 aliphatic carbocycles. The Bertz CT molecular complexity index is 1230. The predicted molar refractivity (Wildman–Crippen MR) is 130 cm³/mol. The fraction of sp³-hybridized carbons (Fsp3) is 0.292. The number of anilines is 2. The molecular weight excluding hydrogens is 456 g/mol. The van der Waals surface area contributed by atoms with Gasteiger partial charge in [-0.15, -0.1) is 0 Å². The topological polar surface area (TPSA) is 120 Å². The summed E-state index contributed by atoms with van der Waals surface area (Å²) in [5.41, 5.74) is 1.71. The monoisotopic (exact) mass is 484 g/mol. The van der Waals surface area contributed by atoms with E-state index in [2.05, 4.69) is 40.8 Å². The lowest BCUT2D eigenvalue weighted by Gasteiger charge is -2.23. The van der Waals surface area contributed by atoms with E-state index in [0.29, 0.717) is 11.4 Å². The van der Waals surface area contributed by atoms with Gasteiger partial charge in [0, 0.05) is 18.1 Å². The molecule has 180 valence electrons. The molecule has 1 heterocycles. The Hall–Kier alpha value is -3.66. The Morgan fingerprint density at radius 1 is 1.00 bits per heavy atom. The van der Waals surface area contributed by atoms with Gasteiger partial charge in [0.1, 0.15) is 5.75 Å². The van der Waals surface area contributed by atoms with Crippen LogP contribution in [0.4, 0.5) is 11.5 Å². The molecule has 0 fully saturated rings. The van der Waals surface area contributed by atoms with E-state index in [1.165, 1.54) is 49.3 Å². The van der Waals surface area contributed by atoms with Gasteiger partial charge in [-0.05, 0) is 53.8 Å². The predicted octanol–water partition coefficient (Wildman–Crippen LogP) is 3.99. The Kier molecular flexibility index (Phi) is 7.72. The lowest BCUT2D eigenvalue weighted by atomic mass is 9.82. The van der Waals surface area contributed by atoms with Crippen molar-refractivity contribution in [3.63, 3.8) is 0 Å². The zero-order valence-corrected chi connectivity index (χ0v) is 20.3. The molecule has 0 bridgehead atoms. The van der Waals surface area contributed by atoms with Gasteiger partial charge in [-0.25, -0.2) is 18.4 Å². The van der Waals surface area contributed by atoms with E-state index in [1.807, 2.05) is 24.3 Å². The number of hydrogen-bond acceptors (Lipinski definition) is 7. The van der Waals surface area contributed by atoms with Crippen molar-refractivity contribution in [1.29, 1.82) is 0 Å². The van der Waals surface area contributed by atoms with E-state index < -0.39 is 10.0 Å². The van der Waals surface area contributed by atoms with E-state index in [0.717, 1.165) is 6.42 Å². The van der Waals surface area contributed by atoms with Crippen LogP contribution in [0.15, 0.2) is 65.8 Å². The number of nitrogens with one attached hydrogen (secondary N) is 2. The quantitative estimate of drug-likeness (QED) is 0.446. The second-order valence-electron chi connectivity index (χ2n) is 8.14. The number of aromatic nitrogens is 2. The highest BCUT2D eigenvalue weighted by atomic mass is 32.2. The van der Waals surface area contributed by atoms with Crippen molar-refractivity contribution < 1.29 is 22.7 Å². The molecule has 1 amide bonds. The van der Waals surface area contributed by atoms with Crippen LogP contribution in [0.1, 0.15) is 32.8 Å². The minimum Gasteiger partial charge on any atom is -0.484 e. The summed E-state index contributed by atoms with van der Waals surface area (Å²) in [5.74, 6) is 0.262. The van der Waals surface area contributed by atoms with Gasteiger partial charge in [0.25, 0.3) is 21.8 Å². The number of ether oxygens (including phenoxy) is 2. The summed E-state index contributed by atoms with van der Waals surface area (Å²) >= 11 is 0. The number of benzene rings is 2. The van der Waals surface area contributed by atoms with E-state index >= 15 is 0 Å². The molecule has 0 aliphatic rings. The average molecular weight is 485 g/mol. The summed E-state index contributed by atoms with van der Waals surface area (Å²) in [7, 11) is -2.56. The third kappa shape index (κ3) is 6.22. The second kappa shape index (κ2) is 10.5.